The fraction of sp³-hybridized carbons (Fsp3) is 0.292. The van der Waals surface area contributed by atoms with Gasteiger partial charge in [-0.15, -0.1) is 0 Å². The maximum Gasteiger partial charge on any atom is 0.337 e. The van der Waals surface area contributed by atoms with Crippen LogP contribution in [-0.4, -0.2) is 39.5 Å². The molecule has 1 aliphatic rings. The lowest BCUT2D eigenvalue weighted by molar-refractivity contribution is 0.0697. The number of anilines is 1. The molecule has 0 fully saturated rings. The number of aryl methyl sites for hydroxylation is 1. The van der Waals surface area contributed by atoms with Crippen LogP contribution in [0.3, 0.4) is 0 Å². The maximum atomic E-state index is 11.5. The van der Waals surface area contributed by atoms with Gasteiger partial charge in [0.2, 0.25) is 0 Å². The number of carboxylic acid groups (broad SMARTS) is 1. The van der Waals surface area contributed by atoms with E-state index < -0.39 is 12.1 Å². The van der Waals surface area contributed by atoms with E-state index in [-0.39, 0.29) is 27.3 Å². The SMILES string of the molecule is Cc1cc(-c2cnc(N)c(OC(C)c3c(Cl)ccc(C(=O)O)c3Cl)n2)cc2c1CCN(C)C2. The lowest BCUT2D eigenvalue weighted by atomic mass is 9.92. The summed E-state index contributed by atoms with van der Waals surface area (Å²) in [5.74, 6) is -0.915. The van der Waals surface area contributed by atoms with Crippen molar-refractivity contribution < 1.29 is 14.6 Å². The van der Waals surface area contributed by atoms with Gasteiger partial charge in [-0.2, -0.15) is 0 Å². The molecule has 0 saturated carbocycles. The number of carbonyl (C=O) groups is 1. The number of ether oxygens (including phenoxy) is 1. The van der Waals surface area contributed by atoms with Crippen LogP contribution < -0.4 is 10.5 Å². The zero-order valence-electron chi connectivity index (χ0n) is 18.5. The molecule has 0 amide bonds. The average molecular weight is 487 g/mol. The minimum absolute atomic E-state index is 0.0135. The molecule has 7 nitrogen and oxygen atoms in total. The van der Waals surface area contributed by atoms with E-state index in [1.54, 1.807) is 13.1 Å². The zero-order valence-corrected chi connectivity index (χ0v) is 20.0. The van der Waals surface area contributed by atoms with Crippen molar-refractivity contribution in [3.8, 4) is 17.1 Å². The number of aromatic nitrogens is 2. The summed E-state index contributed by atoms with van der Waals surface area (Å²) in [6.45, 7) is 5.73. The first-order valence-corrected chi connectivity index (χ1v) is 11.2. The smallest absolute Gasteiger partial charge is 0.337 e. The molecule has 1 aromatic heterocycles. The van der Waals surface area contributed by atoms with Crippen LogP contribution in [0.5, 0.6) is 5.88 Å². The number of benzene rings is 2. The Hall–Kier alpha value is -2.87. The fourth-order valence-electron chi connectivity index (χ4n) is 4.15. The minimum Gasteiger partial charge on any atom is -0.478 e. The molecule has 3 N–H and O–H groups in total. The second-order valence-electron chi connectivity index (χ2n) is 8.25. The highest BCUT2D eigenvalue weighted by molar-refractivity contribution is 6.38. The molecule has 9 heteroatoms. The summed E-state index contributed by atoms with van der Waals surface area (Å²) in [7, 11) is 2.11. The minimum atomic E-state index is -1.15. The van der Waals surface area contributed by atoms with Crippen LogP contribution in [0.1, 0.15) is 45.6 Å². The first-order chi connectivity index (χ1) is 15.7. The van der Waals surface area contributed by atoms with Crippen LogP contribution in [0.2, 0.25) is 10.0 Å². The highest BCUT2D eigenvalue weighted by Crippen LogP contribution is 2.37. The molecule has 2 heterocycles. The van der Waals surface area contributed by atoms with Crippen molar-refractivity contribution in [2.75, 3.05) is 19.3 Å². The zero-order chi connectivity index (χ0) is 23.9. The van der Waals surface area contributed by atoms with Gasteiger partial charge in [-0.1, -0.05) is 23.2 Å². The van der Waals surface area contributed by atoms with Gasteiger partial charge in [0, 0.05) is 29.2 Å². The van der Waals surface area contributed by atoms with Gasteiger partial charge in [0.15, 0.2) is 5.82 Å². The Balaban J connectivity index is 1.68. The third kappa shape index (κ3) is 4.62. The second kappa shape index (κ2) is 9.17. The second-order valence-corrected chi connectivity index (χ2v) is 9.04. The standard InChI is InChI=1S/C24H24Cl2N4O3/c1-12-8-14(9-15-11-30(3)7-6-16(12)15)19-10-28-22(27)23(29-19)33-13(2)20-18(25)5-4-17(21(20)26)24(31)32/h4-5,8-10,13H,6-7,11H2,1-3H3,(H2,27,28)(H,31,32). The quantitative estimate of drug-likeness (QED) is 0.512. The van der Waals surface area contributed by atoms with E-state index in [4.69, 9.17) is 33.7 Å². The number of halogens is 2. The maximum absolute atomic E-state index is 11.5. The number of nitrogens with two attached hydrogens (primary N) is 1. The average Bonchev–Trinajstić information content (AvgIpc) is 2.74. The van der Waals surface area contributed by atoms with E-state index >= 15 is 0 Å². The number of likely N-dealkylation sites (N-methyl/N-ethyl adjacent to an activating group) is 1. The third-order valence-electron chi connectivity index (χ3n) is 5.86. The number of carboxylic acids is 1. The fourth-order valence-corrected chi connectivity index (χ4v) is 4.91. The van der Waals surface area contributed by atoms with E-state index in [9.17, 15) is 9.90 Å². The predicted molar refractivity (Wildman–Crippen MR) is 129 cm³/mol. The Bertz CT molecular complexity index is 1250. The highest BCUT2D eigenvalue weighted by Gasteiger charge is 2.23. The van der Waals surface area contributed by atoms with Gasteiger partial charge < -0.3 is 20.5 Å². The molecule has 4 rings (SSSR count). The molecule has 0 saturated heterocycles. The lowest BCUT2D eigenvalue weighted by Crippen LogP contribution is -2.27. The summed E-state index contributed by atoms with van der Waals surface area (Å²) in [4.78, 5) is 22.6. The Kier molecular flexibility index (Phi) is 6.47. The molecule has 0 radical (unpaired) electrons. The topological polar surface area (TPSA) is 102 Å². The Morgan fingerprint density at radius 2 is 2.06 bits per heavy atom. The Labute approximate surface area is 202 Å². The van der Waals surface area contributed by atoms with Crippen LogP contribution in [0, 0.1) is 6.92 Å². The van der Waals surface area contributed by atoms with E-state index in [1.807, 2.05) is 0 Å². The summed E-state index contributed by atoms with van der Waals surface area (Å²) >= 11 is 12.6. The molecule has 1 atom stereocenters. The number of hydrogen-bond donors (Lipinski definition) is 2. The van der Waals surface area contributed by atoms with Gasteiger partial charge in [-0.3, -0.25) is 0 Å². The van der Waals surface area contributed by atoms with Gasteiger partial charge in [0.05, 0.1) is 22.5 Å². The van der Waals surface area contributed by atoms with Crippen molar-refractivity contribution in [1.82, 2.24) is 14.9 Å². The molecule has 0 bridgehead atoms. The summed E-state index contributed by atoms with van der Waals surface area (Å²) < 4.78 is 5.98. The lowest BCUT2D eigenvalue weighted by Gasteiger charge is -2.27. The van der Waals surface area contributed by atoms with Crippen molar-refractivity contribution in [1.29, 1.82) is 0 Å². The van der Waals surface area contributed by atoms with Crippen molar-refractivity contribution in [2.24, 2.45) is 0 Å². The molecule has 172 valence electrons. The van der Waals surface area contributed by atoms with Crippen molar-refractivity contribution in [3.63, 3.8) is 0 Å². The van der Waals surface area contributed by atoms with E-state index in [0.29, 0.717) is 11.3 Å². The number of aromatic carboxylic acids is 1. The molecule has 3 aromatic rings. The monoisotopic (exact) mass is 486 g/mol. The predicted octanol–water partition coefficient (Wildman–Crippen LogP) is 5.17. The van der Waals surface area contributed by atoms with Crippen molar-refractivity contribution in [3.05, 3.63) is 68.3 Å². The van der Waals surface area contributed by atoms with Crippen LogP contribution in [0.15, 0.2) is 30.5 Å². The molecule has 33 heavy (non-hydrogen) atoms. The summed E-state index contributed by atoms with van der Waals surface area (Å²) in [5, 5.41) is 9.67. The molecule has 0 aliphatic carbocycles. The number of hydrogen-bond acceptors (Lipinski definition) is 6. The van der Waals surface area contributed by atoms with Gasteiger partial charge in [0.25, 0.3) is 5.88 Å². The normalized spacial score (nSPS) is 14.6. The van der Waals surface area contributed by atoms with Gasteiger partial charge in [-0.25, -0.2) is 14.8 Å². The van der Waals surface area contributed by atoms with Gasteiger partial charge in [-0.05, 0) is 68.3 Å². The molecular weight excluding hydrogens is 463 g/mol. The van der Waals surface area contributed by atoms with E-state index in [0.717, 1.165) is 25.1 Å². The first-order valence-electron chi connectivity index (χ1n) is 10.5. The number of nitrogens with zero attached hydrogens (tertiary/aromatic N) is 3. The molecular formula is C24H24Cl2N4O3. The molecule has 1 aliphatic heterocycles. The van der Waals surface area contributed by atoms with Crippen LogP contribution in [-0.2, 0) is 13.0 Å². The molecule has 1 unspecified atom stereocenters. The van der Waals surface area contributed by atoms with Crippen molar-refractivity contribution in [2.45, 2.75) is 32.9 Å². The van der Waals surface area contributed by atoms with Gasteiger partial charge >= 0.3 is 5.97 Å². The largest absolute Gasteiger partial charge is 0.478 e. The Morgan fingerprint density at radius 3 is 2.79 bits per heavy atom. The summed E-state index contributed by atoms with van der Waals surface area (Å²) in [5.41, 5.74) is 11.8. The number of nitrogen functional groups attached to an aromatic ring is 1. The molecule has 2 aromatic carbocycles. The van der Waals surface area contributed by atoms with E-state index in [1.165, 1.54) is 28.8 Å². The van der Waals surface area contributed by atoms with Crippen molar-refractivity contribution >= 4 is 35.0 Å². The van der Waals surface area contributed by atoms with Crippen LogP contribution in [0.4, 0.5) is 5.82 Å². The third-order valence-corrected chi connectivity index (χ3v) is 6.60. The number of fused-ring (bicyclic) bond motifs is 1. The van der Waals surface area contributed by atoms with Crippen LogP contribution >= 0.6 is 23.2 Å². The van der Waals surface area contributed by atoms with Crippen LogP contribution in [0.25, 0.3) is 11.3 Å². The Morgan fingerprint density at radius 1 is 1.30 bits per heavy atom. The van der Waals surface area contributed by atoms with Gasteiger partial charge in [0.1, 0.15) is 6.10 Å². The molecule has 0 spiro atoms. The highest BCUT2D eigenvalue weighted by atomic mass is 35.5. The summed E-state index contributed by atoms with van der Waals surface area (Å²) in [6, 6.07) is 7.06. The first kappa shape index (κ1) is 23.3. The number of rotatable bonds is 5. The summed E-state index contributed by atoms with van der Waals surface area (Å²) in [6.07, 6.45) is 1.93. The van der Waals surface area contributed by atoms with E-state index in [2.05, 4.69) is 41.0 Å².